The third kappa shape index (κ3) is 4.97. The molecule has 0 spiro atoms. The van der Waals surface area contributed by atoms with Crippen molar-refractivity contribution in [2.24, 2.45) is 5.92 Å². The molecule has 7 heteroatoms. The second-order valence-electron chi connectivity index (χ2n) is 8.49. The highest BCUT2D eigenvalue weighted by Gasteiger charge is 2.16. The Balaban J connectivity index is 1.48. The first kappa shape index (κ1) is 22.7. The van der Waals surface area contributed by atoms with Gasteiger partial charge in [0.15, 0.2) is 5.65 Å². The summed E-state index contributed by atoms with van der Waals surface area (Å²) in [5.74, 6) is 0.161. The molecule has 1 N–H and O–H groups in total. The molecule has 0 aliphatic carbocycles. The quantitative estimate of drug-likeness (QED) is 0.398. The number of hydrogen-bond acceptors (Lipinski definition) is 4. The molecule has 2 aromatic carbocycles. The number of carbonyl (C=O) groups is 1. The van der Waals surface area contributed by atoms with Crippen LogP contribution in [0.5, 0.6) is 0 Å². The van der Waals surface area contributed by atoms with Crippen molar-refractivity contribution in [3.63, 3.8) is 0 Å². The van der Waals surface area contributed by atoms with Gasteiger partial charge < -0.3 is 5.32 Å². The van der Waals surface area contributed by atoms with Gasteiger partial charge in [-0.1, -0.05) is 69.2 Å². The van der Waals surface area contributed by atoms with Crippen molar-refractivity contribution in [2.45, 2.75) is 52.6 Å². The van der Waals surface area contributed by atoms with E-state index in [9.17, 15) is 9.59 Å². The van der Waals surface area contributed by atoms with Gasteiger partial charge in [-0.15, -0.1) is 0 Å². The fraction of sp³-hybridized carbons (Fsp3) is 0.385. The van der Waals surface area contributed by atoms with Crippen LogP contribution >= 0.6 is 0 Å². The van der Waals surface area contributed by atoms with Crippen LogP contribution in [-0.2, 0) is 17.9 Å². The van der Waals surface area contributed by atoms with Crippen LogP contribution in [-0.4, -0.2) is 31.8 Å². The van der Waals surface area contributed by atoms with Crippen LogP contribution in [0.15, 0.2) is 59.8 Å². The van der Waals surface area contributed by atoms with Crippen LogP contribution in [0, 0.1) is 5.92 Å². The summed E-state index contributed by atoms with van der Waals surface area (Å²) in [6.45, 7) is 5.58. The number of carbonyl (C=O) groups excluding carboxylic acids is 1. The predicted octanol–water partition coefficient (Wildman–Crippen LogP) is 4.13. The number of nitrogens with zero attached hydrogens (tertiary/aromatic N) is 4. The Morgan fingerprint density at radius 2 is 1.79 bits per heavy atom. The zero-order valence-electron chi connectivity index (χ0n) is 19.3. The molecule has 33 heavy (non-hydrogen) atoms. The zero-order valence-corrected chi connectivity index (χ0v) is 19.3. The van der Waals surface area contributed by atoms with Crippen LogP contribution in [0.3, 0.4) is 0 Å². The standard InChI is InChI=1S/C26H31N5O2/c1-3-8-20(9-4-2)25(32)27-14-15-31-24-23(16-29-31)26(33)30(18-28-24)17-21-12-7-11-19-10-5-6-13-22(19)21/h5-7,10-13,16,18,20H,3-4,8-9,14-15,17H2,1-2H3,(H,27,32). The van der Waals surface area contributed by atoms with Gasteiger partial charge in [0.2, 0.25) is 5.91 Å². The van der Waals surface area contributed by atoms with Crippen molar-refractivity contribution >= 4 is 27.7 Å². The first-order chi connectivity index (χ1) is 16.1. The van der Waals surface area contributed by atoms with Gasteiger partial charge in [0.05, 0.1) is 19.3 Å². The number of amides is 1. The van der Waals surface area contributed by atoms with E-state index in [2.05, 4.69) is 47.4 Å². The number of aromatic nitrogens is 4. The van der Waals surface area contributed by atoms with Gasteiger partial charge >= 0.3 is 0 Å². The Labute approximate surface area is 193 Å². The number of hydrogen-bond donors (Lipinski definition) is 1. The van der Waals surface area contributed by atoms with Crippen molar-refractivity contribution < 1.29 is 4.79 Å². The van der Waals surface area contributed by atoms with Crippen molar-refractivity contribution in [1.29, 1.82) is 0 Å². The maximum atomic E-state index is 13.1. The maximum Gasteiger partial charge on any atom is 0.264 e. The SMILES string of the molecule is CCCC(CCC)C(=O)NCCn1ncc2c(=O)n(Cc3cccc4ccccc34)cnc21. The third-order valence-corrected chi connectivity index (χ3v) is 6.11. The molecular formula is C26H31N5O2. The lowest BCUT2D eigenvalue weighted by atomic mass is 9.97. The van der Waals surface area contributed by atoms with Gasteiger partial charge in [-0.3, -0.25) is 14.2 Å². The minimum absolute atomic E-state index is 0.0637. The molecule has 4 rings (SSSR count). The second kappa shape index (κ2) is 10.4. The van der Waals surface area contributed by atoms with Gasteiger partial charge in [0.25, 0.3) is 5.56 Å². The van der Waals surface area contributed by atoms with Crippen molar-refractivity contribution in [1.82, 2.24) is 24.6 Å². The summed E-state index contributed by atoms with van der Waals surface area (Å²) >= 11 is 0. The number of nitrogens with one attached hydrogen (secondary N) is 1. The Hall–Kier alpha value is -3.48. The molecule has 0 aliphatic rings. The molecule has 0 fully saturated rings. The van der Waals surface area contributed by atoms with Gasteiger partial charge in [0.1, 0.15) is 11.7 Å². The molecule has 1 amide bonds. The highest BCUT2D eigenvalue weighted by atomic mass is 16.2. The molecule has 0 bridgehead atoms. The van der Waals surface area contributed by atoms with Crippen LogP contribution < -0.4 is 10.9 Å². The summed E-state index contributed by atoms with van der Waals surface area (Å²) in [4.78, 5) is 30.1. The minimum Gasteiger partial charge on any atom is -0.354 e. The van der Waals surface area contributed by atoms with Gasteiger partial charge in [-0.05, 0) is 29.2 Å². The van der Waals surface area contributed by atoms with Gasteiger partial charge in [0, 0.05) is 12.5 Å². The molecule has 0 aliphatic heterocycles. The fourth-order valence-corrected chi connectivity index (χ4v) is 4.42. The Bertz CT molecular complexity index is 1300. The van der Waals surface area contributed by atoms with Crippen LogP contribution in [0.1, 0.15) is 45.1 Å². The average molecular weight is 446 g/mol. The maximum absolute atomic E-state index is 13.1. The van der Waals surface area contributed by atoms with E-state index >= 15 is 0 Å². The van der Waals surface area contributed by atoms with E-state index in [4.69, 9.17) is 0 Å². The number of benzene rings is 2. The molecule has 7 nitrogen and oxygen atoms in total. The normalized spacial score (nSPS) is 11.5. The average Bonchev–Trinajstić information content (AvgIpc) is 3.24. The van der Waals surface area contributed by atoms with Crippen molar-refractivity contribution in [3.8, 4) is 0 Å². The van der Waals surface area contributed by atoms with E-state index in [0.717, 1.165) is 42.0 Å². The highest BCUT2D eigenvalue weighted by molar-refractivity contribution is 5.85. The number of rotatable bonds is 10. The van der Waals surface area contributed by atoms with Crippen LogP contribution in [0.4, 0.5) is 0 Å². The molecule has 0 atom stereocenters. The van der Waals surface area contributed by atoms with E-state index in [1.165, 1.54) is 0 Å². The van der Waals surface area contributed by atoms with E-state index in [-0.39, 0.29) is 17.4 Å². The van der Waals surface area contributed by atoms with E-state index in [0.29, 0.717) is 30.7 Å². The second-order valence-corrected chi connectivity index (χ2v) is 8.49. The molecule has 2 aromatic heterocycles. The predicted molar refractivity (Wildman–Crippen MR) is 131 cm³/mol. The third-order valence-electron chi connectivity index (χ3n) is 6.11. The first-order valence-corrected chi connectivity index (χ1v) is 11.8. The summed E-state index contributed by atoms with van der Waals surface area (Å²) < 4.78 is 3.31. The summed E-state index contributed by atoms with van der Waals surface area (Å²) in [5.41, 5.74) is 1.50. The number of fused-ring (bicyclic) bond motifs is 2. The smallest absolute Gasteiger partial charge is 0.264 e. The summed E-state index contributed by atoms with van der Waals surface area (Å²) in [5, 5.41) is 10.1. The first-order valence-electron chi connectivity index (χ1n) is 11.8. The molecule has 0 radical (unpaired) electrons. The zero-order chi connectivity index (χ0) is 23.2. The lowest BCUT2D eigenvalue weighted by Gasteiger charge is -2.15. The summed E-state index contributed by atoms with van der Waals surface area (Å²) in [7, 11) is 0. The lowest BCUT2D eigenvalue weighted by Crippen LogP contribution is -2.33. The largest absolute Gasteiger partial charge is 0.354 e. The summed E-state index contributed by atoms with van der Waals surface area (Å²) in [6, 6.07) is 14.3. The summed E-state index contributed by atoms with van der Waals surface area (Å²) in [6.07, 6.45) is 6.96. The van der Waals surface area contributed by atoms with Gasteiger partial charge in [-0.2, -0.15) is 5.10 Å². The Morgan fingerprint density at radius 1 is 1.03 bits per heavy atom. The highest BCUT2D eigenvalue weighted by Crippen LogP contribution is 2.19. The van der Waals surface area contributed by atoms with Crippen LogP contribution in [0.2, 0.25) is 0 Å². The Morgan fingerprint density at radius 3 is 2.58 bits per heavy atom. The Kier molecular flexibility index (Phi) is 7.17. The van der Waals surface area contributed by atoms with Gasteiger partial charge in [-0.25, -0.2) is 9.67 Å². The fourth-order valence-electron chi connectivity index (χ4n) is 4.42. The van der Waals surface area contributed by atoms with E-state index in [1.54, 1.807) is 21.8 Å². The van der Waals surface area contributed by atoms with Crippen molar-refractivity contribution in [2.75, 3.05) is 6.54 Å². The molecular weight excluding hydrogens is 414 g/mol. The molecule has 0 unspecified atom stereocenters. The molecule has 0 saturated heterocycles. The van der Waals surface area contributed by atoms with Crippen molar-refractivity contribution in [3.05, 3.63) is 70.9 Å². The molecule has 0 saturated carbocycles. The molecule has 2 heterocycles. The minimum atomic E-state index is -0.117. The van der Waals surface area contributed by atoms with E-state index < -0.39 is 0 Å². The molecule has 172 valence electrons. The topological polar surface area (TPSA) is 81.8 Å². The van der Waals surface area contributed by atoms with E-state index in [1.807, 2.05) is 24.3 Å². The lowest BCUT2D eigenvalue weighted by molar-refractivity contribution is -0.125. The monoisotopic (exact) mass is 445 g/mol. The molecule has 4 aromatic rings. The van der Waals surface area contributed by atoms with Crippen LogP contribution in [0.25, 0.3) is 21.8 Å².